The average Bonchev–Trinajstić information content (AvgIpc) is 2.79. The summed E-state index contributed by atoms with van der Waals surface area (Å²) in [6.45, 7) is 6.64. The highest BCUT2D eigenvalue weighted by Crippen LogP contribution is 2.25. The van der Waals surface area contributed by atoms with Crippen molar-refractivity contribution in [1.29, 1.82) is 0 Å². The fourth-order valence-corrected chi connectivity index (χ4v) is 3.73. The molecule has 0 aliphatic carbocycles. The fraction of sp³-hybridized carbons (Fsp3) is 0.571. The van der Waals surface area contributed by atoms with Gasteiger partial charge in [0.15, 0.2) is 0 Å². The minimum Gasteiger partial charge on any atom is -0.444 e. The van der Waals surface area contributed by atoms with Crippen LogP contribution in [-0.2, 0) is 14.3 Å². The summed E-state index contributed by atoms with van der Waals surface area (Å²) in [5.41, 5.74) is 0.407. The van der Waals surface area contributed by atoms with Crippen molar-refractivity contribution in [3.8, 4) is 0 Å². The molecule has 0 radical (unpaired) electrons. The SMILES string of the molecule is CC(C)(C)OC(=O)N1CCC(N2CC(=O)NC(c3ccccc3)CC2=O)CC1. The molecule has 1 aromatic rings. The fourth-order valence-electron chi connectivity index (χ4n) is 3.73. The lowest BCUT2D eigenvalue weighted by atomic mass is 10.0. The maximum absolute atomic E-state index is 12.9. The molecule has 7 nitrogen and oxygen atoms in total. The summed E-state index contributed by atoms with van der Waals surface area (Å²) >= 11 is 0. The van der Waals surface area contributed by atoms with E-state index in [2.05, 4.69) is 5.32 Å². The molecule has 1 N–H and O–H groups in total. The number of carbonyl (C=O) groups excluding carboxylic acids is 3. The summed E-state index contributed by atoms with van der Waals surface area (Å²) in [7, 11) is 0. The number of amides is 3. The van der Waals surface area contributed by atoms with Crippen LogP contribution in [0.15, 0.2) is 30.3 Å². The van der Waals surface area contributed by atoms with Crippen molar-refractivity contribution < 1.29 is 19.1 Å². The summed E-state index contributed by atoms with van der Waals surface area (Å²) in [6.07, 6.45) is 1.22. The summed E-state index contributed by atoms with van der Waals surface area (Å²) in [5.74, 6) is -0.169. The first-order valence-corrected chi connectivity index (χ1v) is 9.84. The average molecular weight is 387 g/mol. The standard InChI is InChI=1S/C21H29N3O4/c1-21(2,3)28-20(27)23-11-9-16(10-12-23)24-14-18(25)22-17(13-19(24)26)15-7-5-4-6-8-15/h4-8,16-17H,9-14H2,1-3H3,(H,22,25). The first-order valence-electron chi connectivity index (χ1n) is 9.84. The van der Waals surface area contributed by atoms with Crippen LogP contribution in [0.3, 0.4) is 0 Å². The molecule has 0 saturated carbocycles. The number of nitrogens with one attached hydrogen (secondary N) is 1. The smallest absolute Gasteiger partial charge is 0.410 e. The number of rotatable bonds is 2. The van der Waals surface area contributed by atoms with Crippen LogP contribution in [-0.4, -0.2) is 59.0 Å². The van der Waals surface area contributed by atoms with Crippen molar-refractivity contribution in [2.24, 2.45) is 0 Å². The lowest BCUT2D eigenvalue weighted by Gasteiger charge is -2.38. The molecule has 2 saturated heterocycles. The van der Waals surface area contributed by atoms with Gasteiger partial charge in [-0.25, -0.2) is 4.79 Å². The van der Waals surface area contributed by atoms with Crippen LogP contribution >= 0.6 is 0 Å². The highest BCUT2D eigenvalue weighted by atomic mass is 16.6. The zero-order chi connectivity index (χ0) is 20.3. The molecular formula is C21H29N3O4. The Morgan fingerprint density at radius 1 is 1.11 bits per heavy atom. The molecule has 152 valence electrons. The van der Waals surface area contributed by atoms with E-state index in [0.717, 1.165) is 5.56 Å². The second-order valence-corrected chi connectivity index (χ2v) is 8.46. The van der Waals surface area contributed by atoms with Gasteiger partial charge in [0.25, 0.3) is 0 Å². The Bertz CT molecular complexity index is 721. The Morgan fingerprint density at radius 2 is 1.75 bits per heavy atom. The number of piperidine rings is 1. The lowest BCUT2D eigenvalue weighted by molar-refractivity contribution is -0.137. The van der Waals surface area contributed by atoms with Gasteiger partial charge in [0.05, 0.1) is 19.0 Å². The van der Waals surface area contributed by atoms with E-state index in [4.69, 9.17) is 4.74 Å². The molecule has 3 amide bonds. The van der Waals surface area contributed by atoms with Crippen LogP contribution in [0.2, 0.25) is 0 Å². The van der Waals surface area contributed by atoms with E-state index >= 15 is 0 Å². The predicted molar refractivity (Wildman–Crippen MR) is 104 cm³/mol. The molecule has 2 aliphatic heterocycles. The van der Waals surface area contributed by atoms with E-state index in [9.17, 15) is 14.4 Å². The minimum atomic E-state index is -0.529. The van der Waals surface area contributed by atoms with Crippen LogP contribution in [0.5, 0.6) is 0 Å². The lowest BCUT2D eigenvalue weighted by Crippen LogP contribution is -2.50. The number of carbonyl (C=O) groups is 3. The monoisotopic (exact) mass is 387 g/mol. The molecule has 1 unspecified atom stereocenters. The number of hydrogen-bond acceptors (Lipinski definition) is 4. The summed E-state index contributed by atoms with van der Waals surface area (Å²) < 4.78 is 5.42. The van der Waals surface area contributed by atoms with E-state index in [1.807, 2.05) is 51.1 Å². The van der Waals surface area contributed by atoms with Gasteiger partial charge in [0.2, 0.25) is 11.8 Å². The van der Waals surface area contributed by atoms with Gasteiger partial charge in [0, 0.05) is 19.1 Å². The molecule has 7 heteroatoms. The molecule has 28 heavy (non-hydrogen) atoms. The van der Waals surface area contributed by atoms with E-state index < -0.39 is 5.60 Å². The van der Waals surface area contributed by atoms with Gasteiger partial charge in [-0.2, -0.15) is 0 Å². The predicted octanol–water partition coefficient (Wildman–Crippen LogP) is 2.48. The molecule has 2 heterocycles. The van der Waals surface area contributed by atoms with Gasteiger partial charge >= 0.3 is 6.09 Å². The van der Waals surface area contributed by atoms with Crippen molar-refractivity contribution >= 4 is 17.9 Å². The quantitative estimate of drug-likeness (QED) is 0.846. The van der Waals surface area contributed by atoms with Crippen molar-refractivity contribution in [1.82, 2.24) is 15.1 Å². The van der Waals surface area contributed by atoms with Crippen LogP contribution in [0.1, 0.15) is 51.6 Å². The third kappa shape index (κ3) is 5.03. The number of nitrogens with zero attached hydrogens (tertiary/aromatic N) is 2. The molecule has 0 spiro atoms. The largest absolute Gasteiger partial charge is 0.444 e. The molecule has 0 aromatic heterocycles. The first-order chi connectivity index (χ1) is 13.2. The Hall–Kier alpha value is -2.57. The maximum atomic E-state index is 12.9. The molecule has 3 rings (SSSR count). The van der Waals surface area contributed by atoms with Gasteiger partial charge in [-0.05, 0) is 39.2 Å². The van der Waals surface area contributed by atoms with Gasteiger partial charge < -0.3 is 19.9 Å². The minimum absolute atomic E-state index is 0.0251. The molecule has 2 fully saturated rings. The van der Waals surface area contributed by atoms with Gasteiger partial charge in [-0.1, -0.05) is 30.3 Å². The Labute approximate surface area is 166 Å². The van der Waals surface area contributed by atoms with Crippen LogP contribution in [0.4, 0.5) is 4.79 Å². The van der Waals surface area contributed by atoms with E-state index in [1.54, 1.807) is 9.80 Å². The summed E-state index contributed by atoms with van der Waals surface area (Å²) in [6, 6.07) is 9.23. The highest BCUT2D eigenvalue weighted by Gasteiger charge is 2.35. The molecule has 0 bridgehead atoms. The Balaban J connectivity index is 1.61. The van der Waals surface area contributed by atoms with Crippen LogP contribution < -0.4 is 5.32 Å². The summed E-state index contributed by atoms with van der Waals surface area (Å²) in [4.78, 5) is 40.9. The zero-order valence-corrected chi connectivity index (χ0v) is 16.8. The van der Waals surface area contributed by atoms with Crippen LogP contribution in [0.25, 0.3) is 0 Å². The van der Waals surface area contributed by atoms with Gasteiger partial charge in [0.1, 0.15) is 5.60 Å². The van der Waals surface area contributed by atoms with E-state index in [0.29, 0.717) is 25.9 Å². The van der Waals surface area contributed by atoms with Crippen molar-refractivity contribution in [3.05, 3.63) is 35.9 Å². The molecule has 1 atom stereocenters. The van der Waals surface area contributed by atoms with Crippen LogP contribution in [0, 0.1) is 0 Å². The second-order valence-electron chi connectivity index (χ2n) is 8.46. The third-order valence-corrected chi connectivity index (χ3v) is 5.11. The third-order valence-electron chi connectivity index (χ3n) is 5.11. The highest BCUT2D eigenvalue weighted by molar-refractivity contribution is 5.88. The van der Waals surface area contributed by atoms with E-state index in [1.165, 1.54) is 0 Å². The topological polar surface area (TPSA) is 79.0 Å². The van der Waals surface area contributed by atoms with Crippen molar-refractivity contribution in [3.63, 3.8) is 0 Å². The van der Waals surface area contributed by atoms with Gasteiger partial charge in [-0.15, -0.1) is 0 Å². The number of hydrogen-bond donors (Lipinski definition) is 1. The molecule has 2 aliphatic rings. The Morgan fingerprint density at radius 3 is 2.36 bits per heavy atom. The normalized spacial score (nSPS) is 21.9. The zero-order valence-electron chi connectivity index (χ0n) is 16.8. The Kier molecular flexibility index (Phi) is 5.91. The molecule has 1 aromatic carbocycles. The van der Waals surface area contributed by atoms with Crippen molar-refractivity contribution in [2.45, 2.75) is 57.7 Å². The second kappa shape index (κ2) is 8.20. The van der Waals surface area contributed by atoms with Crippen molar-refractivity contribution in [2.75, 3.05) is 19.6 Å². The first kappa shape index (κ1) is 20.2. The number of ether oxygens (including phenoxy) is 1. The maximum Gasteiger partial charge on any atom is 0.410 e. The number of likely N-dealkylation sites (tertiary alicyclic amines) is 1. The van der Waals surface area contributed by atoms with Gasteiger partial charge in [-0.3, -0.25) is 9.59 Å². The van der Waals surface area contributed by atoms with E-state index in [-0.39, 0.29) is 43.0 Å². The summed E-state index contributed by atoms with van der Waals surface area (Å²) in [5, 5.41) is 2.96. The number of benzene rings is 1. The molecular weight excluding hydrogens is 358 g/mol.